The number of benzene rings is 1. The van der Waals surface area contributed by atoms with Gasteiger partial charge in [0.2, 0.25) is 0 Å². The van der Waals surface area contributed by atoms with Gasteiger partial charge in [0.1, 0.15) is 6.33 Å². The van der Waals surface area contributed by atoms with Gasteiger partial charge in [-0.15, -0.1) is 0 Å². The number of hydrogen-bond donors (Lipinski definition) is 1. The van der Waals surface area contributed by atoms with Crippen molar-refractivity contribution in [3.63, 3.8) is 0 Å². The van der Waals surface area contributed by atoms with Gasteiger partial charge >= 0.3 is 7.48 Å². The Morgan fingerprint density at radius 2 is 1.95 bits per heavy atom. The van der Waals surface area contributed by atoms with Gasteiger partial charge in [-0.2, -0.15) is 0 Å². The molecule has 2 rings (SSSR count). The third-order valence-electron chi connectivity index (χ3n) is 3.49. The standard InChI is InChI=1S/C14H18BN2O2/c1-13(2,18)14(3,4)19-15-11-5-6-12-10(7-11)8-16-9-17-12/h5-9,18H,1-4H3. The monoisotopic (exact) mass is 257 g/mol. The summed E-state index contributed by atoms with van der Waals surface area (Å²) in [4.78, 5) is 8.16. The predicted molar refractivity (Wildman–Crippen MR) is 76.4 cm³/mol. The Morgan fingerprint density at radius 1 is 1.21 bits per heavy atom. The summed E-state index contributed by atoms with van der Waals surface area (Å²) in [6, 6.07) is 5.80. The van der Waals surface area contributed by atoms with E-state index in [9.17, 15) is 5.11 Å². The maximum Gasteiger partial charge on any atom is 0.330 e. The fourth-order valence-corrected chi connectivity index (χ4v) is 1.44. The first kappa shape index (κ1) is 14.0. The number of aliphatic hydroxyl groups is 1. The first-order valence-corrected chi connectivity index (χ1v) is 6.23. The average Bonchev–Trinajstić information content (AvgIpc) is 2.35. The predicted octanol–water partition coefficient (Wildman–Crippen LogP) is 1.44. The van der Waals surface area contributed by atoms with E-state index in [1.165, 1.54) is 6.33 Å². The van der Waals surface area contributed by atoms with Gasteiger partial charge in [-0.05, 0) is 33.8 Å². The van der Waals surface area contributed by atoms with Gasteiger partial charge in [0, 0.05) is 11.6 Å². The van der Waals surface area contributed by atoms with Crippen molar-refractivity contribution in [2.75, 3.05) is 0 Å². The molecule has 0 unspecified atom stereocenters. The van der Waals surface area contributed by atoms with Gasteiger partial charge in [-0.25, -0.2) is 9.97 Å². The summed E-state index contributed by atoms with van der Waals surface area (Å²) in [6.07, 6.45) is 3.29. The molecule has 99 valence electrons. The molecule has 0 amide bonds. The second kappa shape index (κ2) is 4.91. The van der Waals surface area contributed by atoms with Crippen molar-refractivity contribution in [3.05, 3.63) is 30.7 Å². The summed E-state index contributed by atoms with van der Waals surface area (Å²) >= 11 is 0. The molecule has 0 saturated heterocycles. The van der Waals surface area contributed by atoms with Crippen LogP contribution in [0, 0.1) is 0 Å². The van der Waals surface area contributed by atoms with Gasteiger partial charge in [0.15, 0.2) is 0 Å². The third-order valence-corrected chi connectivity index (χ3v) is 3.49. The van der Waals surface area contributed by atoms with E-state index in [4.69, 9.17) is 4.65 Å². The Balaban J connectivity index is 2.14. The molecule has 1 N–H and O–H groups in total. The molecule has 0 spiro atoms. The molecule has 4 nitrogen and oxygen atoms in total. The fourth-order valence-electron chi connectivity index (χ4n) is 1.44. The van der Waals surface area contributed by atoms with Crippen LogP contribution in [-0.4, -0.2) is 33.8 Å². The molecule has 0 aliphatic rings. The third kappa shape index (κ3) is 3.11. The minimum absolute atomic E-state index is 0.671. The van der Waals surface area contributed by atoms with E-state index in [1.807, 2.05) is 32.0 Å². The van der Waals surface area contributed by atoms with Crippen LogP contribution in [0.5, 0.6) is 0 Å². The van der Waals surface area contributed by atoms with E-state index in [1.54, 1.807) is 27.5 Å². The highest BCUT2D eigenvalue weighted by molar-refractivity contribution is 6.47. The highest BCUT2D eigenvalue weighted by atomic mass is 16.5. The summed E-state index contributed by atoms with van der Waals surface area (Å²) < 4.78 is 5.71. The molecule has 0 aliphatic carbocycles. The quantitative estimate of drug-likeness (QED) is 0.842. The normalized spacial score (nSPS) is 12.7. The molecule has 0 saturated carbocycles. The molecule has 0 bridgehead atoms. The number of fused-ring (bicyclic) bond motifs is 1. The number of hydrogen-bond acceptors (Lipinski definition) is 4. The van der Waals surface area contributed by atoms with Crippen LogP contribution in [0.1, 0.15) is 27.7 Å². The Morgan fingerprint density at radius 3 is 2.63 bits per heavy atom. The summed E-state index contributed by atoms with van der Waals surface area (Å²) in [5, 5.41) is 11.0. The molecule has 0 aliphatic heterocycles. The minimum Gasteiger partial charge on any atom is -0.427 e. The van der Waals surface area contributed by atoms with Gasteiger partial charge < -0.3 is 9.76 Å². The Labute approximate surface area is 114 Å². The molecule has 5 heteroatoms. The molecule has 1 heterocycles. The lowest BCUT2D eigenvalue weighted by molar-refractivity contribution is -0.0893. The summed E-state index contributed by atoms with van der Waals surface area (Å²) in [6.45, 7) is 7.17. The van der Waals surface area contributed by atoms with Crippen molar-refractivity contribution in [2.45, 2.75) is 38.9 Å². The second-order valence-electron chi connectivity index (χ2n) is 5.65. The van der Waals surface area contributed by atoms with Crippen molar-refractivity contribution in [2.24, 2.45) is 0 Å². The van der Waals surface area contributed by atoms with E-state index < -0.39 is 11.2 Å². The molecule has 19 heavy (non-hydrogen) atoms. The largest absolute Gasteiger partial charge is 0.427 e. The van der Waals surface area contributed by atoms with Gasteiger partial charge in [0.25, 0.3) is 0 Å². The lowest BCUT2D eigenvalue weighted by Crippen LogP contribution is -2.49. The molecule has 1 aromatic carbocycles. The second-order valence-corrected chi connectivity index (χ2v) is 5.65. The van der Waals surface area contributed by atoms with Crippen LogP contribution in [0.15, 0.2) is 30.7 Å². The average molecular weight is 257 g/mol. The molecular weight excluding hydrogens is 239 g/mol. The lowest BCUT2D eigenvalue weighted by atomic mass is 9.82. The van der Waals surface area contributed by atoms with Gasteiger partial charge in [-0.3, -0.25) is 0 Å². The summed E-state index contributed by atoms with van der Waals surface area (Å²) in [5.41, 5.74) is 0.215. The fraction of sp³-hybridized carbons (Fsp3) is 0.429. The summed E-state index contributed by atoms with van der Waals surface area (Å²) in [5.74, 6) is 0. The van der Waals surface area contributed by atoms with E-state index >= 15 is 0 Å². The highest BCUT2D eigenvalue weighted by Crippen LogP contribution is 2.24. The van der Waals surface area contributed by atoms with Crippen molar-refractivity contribution in [1.29, 1.82) is 0 Å². The molecule has 0 fully saturated rings. The number of nitrogens with zero attached hydrogens (tertiary/aromatic N) is 2. The van der Waals surface area contributed by atoms with Crippen LogP contribution >= 0.6 is 0 Å². The van der Waals surface area contributed by atoms with Crippen molar-refractivity contribution in [1.82, 2.24) is 9.97 Å². The zero-order chi connectivity index (χ0) is 14.1. The van der Waals surface area contributed by atoms with E-state index in [2.05, 4.69) is 9.97 Å². The Kier molecular flexibility index (Phi) is 3.61. The van der Waals surface area contributed by atoms with E-state index in [0.29, 0.717) is 0 Å². The lowest BCUT2D eigenvalue weighted by Gasteiger charge is -2.37. The van der Waals surface area contributed by atoms with Crippen LogP contribution in [-0.2, 0) is 4.65 Å². The van der Waals surface area contributed by atoms with E-state index in [0.717, 1.165) is 16.4 Å². The topological polar surface area (TPSA) is 55.2 Å². The Bertz CT molecular complexity index is 579. The van der Waals surface area contributed by atoms with Crippen molar-refractivity contribution >= 4 is 23.8 Å². The van der Waals surface area contributed by atoms with Crippen LogP contribution in [0.25, 0.3) is 10.9 Å². The first-order chi connectivity index (χ1) is 8.79. The van der Waals surface area contributed by atoms with Crippen LogP contribution in [0.3, 0.4) is 0 Å². The van der Waals surface area contributed by atoms with Crippen LogP contribution in [0.2, 0.25) is 0 Å². The van der Waals surface area contributed by atoms with Crippen LogP contribution in [0.4, 0.5) is 0 Å². The molecule has 0 atom stereocenters. The van der Waals surface area contributed by atoms with Gasteiger partial charge in [0.05, 0.1) is 16.7 Å². The SMILES string of the molecule is CC(C)(O)C(C)(C)O[B]c1ccc2ncncc2c1. The van der Waals surface area contributed by atoms with Gasteiger partial charge in [-0.1, -0.05) is 17.6 Å². The Hall–Kier alpha value is -1.46. The molecule has 1 aromatic heterocycles. The molecule has 1 radical (unpaired) electrons. The maximum absolute atomic E-state index is 10.0. The minimum atomic E-state index is -0.927. The van der Waals surface area contributed by atoms with Crippen LogP contribution < -0.4 is 5.46 Å². The van der Waals surface area contributed by atoms with E-state index in [-0.39, 0.29) is 0 Å². The highest BCUT2D eigenvalue weighted by Gasteiger charge is 2.35. The number of rotatable bonds is 4. The van der Waals surface area contributed by atoms with Crippen molar-refractivity contribution in [3.8, 4) is 0 Å². The smallest absolute Gasteiger partial charge is 0.330 e. The molecule has 2 aromatic rings. The molecular formula is C14H18BN2O2. The van der Waals surface area contributed by atoms with Crippen molar-refractivity contribution < 1.29 is 9.76 Å². The maximum atomic E-state index is 10.0. The first-order valence-electron chi connectivity index (χ1n) is 6.23. The number of aromatic nitrogens is 2. The zero-order valence-corrected chi connectivity index (χ0v) is 11.7. The zero-order valence-electron chi connectivity index (χ0n) is 11.7. The summed E-state index contributed by atoms with van der Waals surface area (Å²) in [7, 11) is 1.66.